The van der Waals surface area contributed by atoms with Gasteiger partial charge in [0, 0.05) is 6.07 Å². The number of hydrogen-bond donors (Lipinski definition) is 2. The molecule has 3 aromatic rings. The molecule has 0 spiro atoms. The predicted octanol–water partition coefficient (Wildman–Crippen LogP) is 4.17. The highest BCUT2D eigenvalue weighted by Gasteiger charge is 2.43. The van der Waals surface area contributed by atoms with Crippen LogP contribution in [0.3, 0.4) is 0 Å². The van der Waals surface area contributed by atoms with Crippen LogP contribution in [0.2, 0.25) is 0 Å². The Kier molecular flexibility index (Phi) is 7.13. The lowest BCUT2D eigenvalue weighted by Crippen LogP contribution is -2.52. The number of carbonyl (C=O) groups is 2. The maximum atomic E-state index is 14.2. The molecule has 0 saturated carbocycles. The van der Waals surface area contributed by atoms with Gasteiger partial charge in [-0.25, -0.2) is 8.42 Å². The molecule has 2 amide bonds. The number of nitrogens with one attached hydrogen (secondary N) is 2. The number of ether oxygens (including phenoxy) is 2. The Labute approximate surface area is 216 Å². The van der Waals surface area contributed by atoms with Gasteiger partial charge in [-0.15, -0.1) is 0 Å². The molecule has 2 N–H and O–H groups in total. The highest BCUT2D eigenvalue weighted by atomic mass is 32.2. The van der Waals surface area contributed by atoms with Crippen molar-refractivity contribution in [2.24, 2.45) is 0 Å². The van der Waals surface area contributed by atoms with Crippen LogP contribution in [-0.2, 0) is 19.6 Å². The lowest BCUT2D eigenvalue weighted by molar-refractivity contribution is -0.122. The van der Waals surface area contributed by atoms with E-state index in [-0.39, 0.29) is 4.90 Å². The van der Waals surface area contributed by atoms with Gasteiger partial charge in [-0.05, 0) is 56.2 Å². The van der Waals surface area contributed by atoms with E-state index in [1.54, 1.807) is 68.4 Å². The number of para-hydroxylation sites is 2. The van der Waals surface area contributed by atoms with E-state index in [0.29, 0.717) is 39.7 Å². The third-order valence-corrected chi connectivity index (χ3v) is 8.30. The van der Waals surface area contributed by atoms with Gasteiger partial charge >= 0.3 is 0 Å². The van der Waals surface area contributed by atoms with Crippen molar-refractivity contribution in [2.45, 2.75) is 38.1 Å². The minimum absolute atomic E-state index is 0.116. The van der Waals surface area contributed by atoms with Crippen molar-refractivity contribution < 1.29 is 27.5 Å². The van der Waals surface area contributed by atoms with Crippen LogP contribution in [0, 0.1) is 20.8 Å². The van der Waals surface area contributed by atoms with Crippen molar-refractivity contribution in [3.63, 3.8) is 0 Å². The Morgan fingerprint density at radius 1 is 1.00 bits per heavy atom. The number of methoxy groups -OCH3 is 2. The van der Waals surface area contributed by atoms with Gasteiger partial charge in [0.15, 0.2) is 0 Å². The molecule has 194 valence electrons. The summed E-state index contributed by atoms with van der Waals surface area (Å²) in [6.45, 7) is 5.33. The van der Waals surface area contributed by atoms with Gasteiger partial charge in [-0.1, -0.05) is 29.8 Å². The van der Waals surface area contributed by atoms with E-state index in [9.17, 15) is 18.0 Å². The SMILES string of the molecule is COc1ccc(NC(=O)CC2C(=O)Nc3ccccc3N2S(=O)(=O)c2c(C)cc(C)cc2C)c(OC)c1. The Hall–Kier alpha value is -4.05. The van der Waals surface area contributed by atoms with E-state index in [4.69, 9.17) is 9.47 Å². The van der Waals surface area contributed by atoms with E-state index in [1.807, 2.05) is 6.92 Å². The molecule has 0 saturated heterocycles. The standard InChI is InChI=1S/C27H29N3O6S/c1-16-12-17(2)26(18(3)13-16)37(33,34)30-22-9-7-6-8-20(22)29-27(32)23(30)15-25(31)28-21-11-10-19(35-4)14-24(21)36-5/h6-14,23H,15H2,1-5H3,(H,28,31)(H,29,32). The molecule has 0 bridgehead atoms. The Morgan fingerprint density at radius 3 is 2.32 bits per heavy atom. The lowest BCUT2D eigenvalue weighted by atomic mass is 10.1. The molecule has 0 radical (unpaired) electrons. The largest absolute Gasteiger partial charge is 0.497 e. The van der Waals surface area contributed by atoms with E-state index in [1.165, 1.54) is 14.2 Å². The normalized spacial score (nSPS) is 15.0. The molecule has 4 rings (SSSR count). The van der Waals surface area contributed by atoms with E-state index < -0.39 is 34.3 Å². The summed E-state index contributed by atoms with van der Waals surface area (Å²) in [5.74, 6) is -0.247. The van der Waals surface area contributed by atoms with Crippen LogP contribution in [0.1, 0.15) is 23.1 Å². The molecular weight excluding hydrogens is 494 g/mol. The summed E-state index contributed by atoms with van der Waals surface area (Å²) in [5.41, 5.74) is 3.06. The maximum absolute atomic E-state index is 14.2. The van der Waals surface area contributed by atoms with Crippen LogP contribution >= 0.6 is 0 Å². The van der Waals surface area contributed by atoms with Crippen LogP contribution in [-0.4, -0.2) is 40.5 Å². The van der Waals surface area contributed by atoms with Crippen molar-refractivity contribution in [2.75, 3.05) is 29.2 Å². The van der Waals surface area contributed by atoms with E-state index in [0.717, 1.165) is 9.87 Å². The second-order valence-electron chi connectivity index (χ2n) is 8.87. The number of fused-ring (bicyclic) bond motifs is 1. The summed E-state index contributed by atoms with van der Waals surface area (Å²) in [4.78, 5) is 26.5. The number of benzene rings is 3. The molecule has 0 aliphatic carbocycles. The third-order valence-electron chi connectivity index (χ3n) is 6.17. The Balaban J connectivity index is 1.75. The zero-order valence-electron chi connectivity index (χ0n) is 21.3. The molecule has 1 atom stereocenters. The smallest absolute Gasteiger partial charge is 0.265 e. The highest BCUT2D eigenvalue weighted by molar-refractivity contribution is 7.93. The second kappa shape index (κ2) is 10.1. The minimum Gasteiger partial charge on any atom is -0.497 e. The number of aryl methyl sites for hydroxylation is 3. The molecule has 9 nitrogen and oxygen atoms in total. The van der Waals surface area contributed by atoms with Crippen molar-refractivity contribution in [3.8, 4) is 11.5 Å². The second-order valence-corrected chi connectivity index (χ2v) is 10.6. The zero-order chi connectivity index (χ0) is 26.9. The molecule has 1 heterocycles. The first-order valence-electron chi connectivity index (χ1n) is 11.6. The van der Waals surface area contributed by atoms with Gasteiger partial charge in [0.1, 0.15) is 17.5 Å². The molecule has 10 heteroatoms. The molecule has 1 unspecified atom stereocenters. The summed E-state index contributed by atoms with van der Waals surface area (Å²) in [6.07, 6.45) is -0.418. The minimum atomic E-state index is -4.22. The van der Waals surface area contributed by atoms with Gasteiger partial charge in [0.25, 0.3) is 10.0 Å². The third kappa shape index (κ3) is 4.97. The van der Waals surface area contributed by atoms with E-state index >= 15 is 0 Å². The van der Waals surface area contributed by atoms with Gasteiger partial charge in [0.05, 0.1) is 42.6 Å². The number of amides is 2. The Morgan fingerprint density at radius 2 is 1.68 bits per heavy atom. The lowest BCUT2D eigenvalue weighted by Gasteiger charge is -2.37. The van der Waals surface area contributed by atoms with Gasteiger partial charge in [-0.2, -0.15) is 0 Å². The van der Waals surface area contributed by atoms with Crippen LogP contribution in [0.5, 0.6) is 11.5 Å². The first kappa shape index (κ1) is 26.0. The Bertz CT molecular complexity index is 1460. The van der Waals surface area contributed by atoms with Crippen LogP contribution in [0.15, 0.2) is 59.5 Å². The van der Waals surface area contributed by atoms with Gasteiger partial charge in [-0.3, -0.25) is 13.9 Å². The number of sulfonamides is 1. The molecule has 0 aromatic heterocycles. The average Bonchev–Trinajstić information content (AvgIpc) is 2.83. The maximum Gasteiger partial charge on any atom is 0.265 e. The summed E-state index contributed by atoms with van der Waals surface area (Å²) in [5, 5.41) is 5.47. The number of anilines is 3. The number of rotatable bonds is 7. The molecule has 0 fully saturated rings. The fraction of sp³-hybridized carbons (Fsp3) is 0.259. The summed E-state index contributed by atoms with van der Waals surface area (Å²) < 4.78 is 39.9. The molecular formula is C27H29N3O6S. The van der Waals surface area contributed by atoms with Crippen molar-refractivity contribution in [1.82, 2.24) is 0 Å². The zero-order valence-corrected chi connectivity index (χ0v) is 22.1. The van der Waals surface area contributed by atoms with Crippen LogP contribution < -0.4 is 24.4 Å². The monoisotopic (exact) mass is 523 g/mol. The van der Waals surface area contributed by atoms with Crippen molar-refractivity contribution >= 4 is 38.9 Å². The molecule has 1 aliphatic heterocycles. The number of hydrogen-bond acceptors (Lipinski definition) is 6. The summed E-state index contributed by atoms with van der Waals surface area (Å²) in [7, 11) is -1.26. The first-order valence-corrected chi connectivity index (χ1v) is 13.0. The predicted molar refractivity (Wildman–Crippen MR) is 142 cm³/mol. The molecule has 1 aliphatic rings. The van der Waals surface area contributed by atoms with Crippen LogP contribution in [0.4, 0.5) is 17.1 Å². The number of carbonyl (C=O) groups excluding carboxylic acids is 2. The topological polar surface area (TPSA) is 114 Å². The first-order chi connectivity index (χ1) is 17.6. The molecule has 37 heavy (non-hydrogen) atoms. The number of nitrogens with zero attached hydrogens (tertiary/aromatic N) is 1. The average molecular weight is 524 g/mol. The summed E-state index contributed by atoms with van der Waals surface area (Å²) >= 11 is 0. The quantitative estimate of drug-likeness (QED) is 0.480. The van der Waals surface area contributed by atoms with Crippen molar-refractivity contribution in [3.05, 3.63) is 71.3 Å². The summed E-state index contributed by atoms with van der Waals surface area (Å²) in [6, 6.07) is 13.8. The van der Waals surface area contributed by atoms with Crippen LogP contribution in [0.25, 0.3) is 0 Å². The van der Waals surface area contributed by atoms with Crippen molar-refractivity contribution in [1.29, 1.82) is 0 Å². The highest BCUT2D eigenvalue weighted by Crippen LogP contribution is 2.39. The van der Waals surface area contributed by atoms with Gasteiger partial charge < -0.3 is 20.1 Å². The van der Waals surface area contributed by atoms with E-state index in [2.05, 4.69) is 10.6 Å². The van der Waals surface area contributed by atoms with Gasteiger partial charge in [0.2, 0.25) is 11.8 Å². The molecule has 3 aromatic carbocycles. The fourth-order valence-electron chi connectivity index (χ4n) is 4.69. The fourth-order valence-corrected chi connectivity index (χ4v) is 6.74.